The Morgan fingerprint density at radius 1 is 1.11 bits per heavy atom. The highest BCUT2D eigenvalue weighted by molar-refractivity contribution is 7.89. The van der Waals surface area contributed by atoms with Gasteiger partial charge in [0.2, 0.25) is 10.0 Å². The van der Waals surface area contributed by atoms with Gasteiger partial charge in [0, 0.05) is 18.5 Å². The molecular formula is C19H22N2O5S. The number of aliphatic carboxylic acids is 1. The minimum Gasteiger partial charge on any atom is -0.480 e. The van der Waals surface area contributed by atoms with Gasteiger partial charge in [-0.3, -0.25) is 4.79 Å². The van der Waals surface area contributed by atoms with Gasteiger partial charge < -0.3 is 10.4 Å². The fraction of sp³-hybridized carbons (Fsp3) is 0.263. The summed E-state index contributed by atoms with van der Waals surface area (Å²) in [5, 5.41) is 11.9. The summed E-state index contributed by atoms with van der Waals surface area (Å²) in [6, 6.07) is 12.0. The summed E-state index contributed by atoms with van der Waals surface area (Å²) in [6.07, 6.45) is 0.121. The number of amides is 1. The van der Waals surface area contributed by atoms with Gasteiger partial charge in [-0.2, -0.15) is 0 Å². The molecule has 144 valence electrons. The number of rotatable bonds is 8. The van der Waals surface area contributed by atoms with Gasteiger partial charge in [-0.1, -0.05) is 43.3 Å². The summed E-state index contributed by atoms with van der Waals surface area (Å²) < 4.78 is 26.7. The fourth-order valence-electron chi connectivity index (χ4n) is 2.57. The first-order chi connectivity index (χ1) is 12.7. The van der Waals surface area contributed by atoms with Crippen molar-refractivity contribution in [3.63, 3.8) is 0 Å². The number of benzene rings is 2. The van der Waals surface area contributed by atoms with Gasteiger partial charge in [-0.15, -0.1) is 0 Å². The topological polar surface area (TPSA) is 113 Å². The van der Waals surface area contributed by atoms with Crippen LogP contribution in [0.4, 0.5) is 0 Å². The molecule has 0 aliphatic carbocycles. The summed E-state index contributed by atoms with van der Waals surface area (Å²) in [7, 11) is -3.72. The molecule has 0 spiro atoms. The highest BCUT2D eigenvalue weighted by Gasteiger charge is 2.23. The minimum absolute atomic E-state index is 0.0463. The molecular weight excluding hydrogens is 368 g/mol. The summed E-state index contributed by atoms with van der Waals surface area (Å²) in [5.74, 6) is -1.80. The minimum atomic E-state index is -3.72. The van der Waals surface area contributed by atoms with Crippen LogP contribution < -0.4 is 10.0 Å². The van der Waals surface area contributed by atoms with E-state index in [1.54, 1.807) is 38.1 Å². The van der Waals surface area contributed by atoms with Gasteiger partial charge in [-0.25, -0.2) is 17.9 Å². The molecule has 8 heteroatoms. The monoisotopic (exact) mass is 390 g/mol. The van der Waals surface area contributed by atoms with Crippen molar-refractivity contribution in [3.05, 3.63) is 65.2 Å². The van der Waals surface area contributed by atoms with Crippen LogP contribution in [-0.2, 0) is 21.2 Å². The van der Waals surface area contributed by atoms with Crippen LogP contribution in [0.3, 0.4) is 0 Å². The molecule has 27 heavy (non-hydrogen) atoms. The SMILES string of the molecule is CCNS(=O)(=O)c1ccc(C)c(C(=O)N[C@@H](Cc2ccccc2)C(=O)O)c1. The first-order valence-corrected chi connectivity index (χ1v) is 9.91. The standard InChI is InChI=1S/C19H22N2O5S/c1-3-20-27(25,26)15-10-9-13(2)16(12-15)18(22)21-17(19(23)24)11-14-7-5-4-6-8-14/h4-10,12,17,20H,3,11H2,1-2H3,(H,21,22)(H,23,24)/t17-/m0/s1. The van der Waals surface area contributed by atoms with E-state index in [9.17, 15) is 23.1 Å². The Bertz CT molecular complexity index is 926. The summed E-state index contributed by atoms with van der Waals surface area (Å²) in [5.41, 5.74) is 1.44. The second kappa shape index (κ2) is 8.79. The normalized spacial score (nSPS) is 12.4. The van der Waals surface area contributed by atoms with Gasteiger partial charge in [0.05, 0.1) is 4.90 Å². The lowest BCUT2D eigenvalue weighted by Crippen LogP contribution is -2.42. The van der Waals surface area contributed by atoms with Gasteiger partial charge in [0.1, 0.15) is 6.04 Å². The second-order valence-corrected chi connectivity index (χ2v) is 7.80. The fourth-order valence-corrected chi connectivity index (χ4v) is 3.64. The van der Waals surface area contributed by atoms with Crippen LogP contribution in [0, 0.1) is 6.92 Å². The number of carboxylic acids is 1. The van der Waals surface area contributed by atoms with E-state index >= 15 is 0 Å². The van der Waals surface area contributed by atoms with Crippen LogP contribution >= 0.6 is 0 Å². The predicted molar refractivity (Wildman–Crippen MR) is 101 cm³/mol. The van der Waals surface area contributed by atoms with Crippen LogP contribution in [0.15, 0.2) is 53.4 Å². The maximum absolute atomic E-state index is 12.6. The number of carbonyl (C=O) groups is 2. The molecule has 0 saturated heterocycles. The second-order valence-electron chi connectivity index (χ2n) is 6.03. The third-order valence-electron chi connectivity index (χ3n) is 3.98. The largest absolute Gasteiger partial charge is 0.480 e. The zero-order valence-electron chi connectivity index (χ0n) is 15.1. The van der Waals surface area contributed by atoms with E-state index in [0.717, 1.165) is 5.56 Å². The van der Waals surface area contributed by atoms with E-state index in [2.05, 4.69) is 10.0 Å². The van der Waals surface area contributed by atoms with Crippen molar-refractivity contribution in [2.75, 3.05) is 6.54 Å². The molecule has 1 atom stereocenters. The number of sulfonamides is 1. The van der Waals surface area contributed by atoms with Crippen molar-refractivity contribution in [1.29, 1.82) is 0 Å². The molecule has 2 rings (SSSR count). The van der Waals surface area contributed by atoms with Crippen LogP contribution in [0.2, 0.25) is 0 Å². The Balaban J connectivity index is 2.26. The Labute approximate surface area is 158 Å². The molecule has 0 aliphatic heterocycles. The zero-order valence-corrected chi connectivity index (χ0v) is 15.9. The molecule has 2 aromatic rings. The number of carboxylic acid groups (broad SMARTS) is 1. The van der Waals surface area contributed by atoms with E-state index in [1.807, 2.05) is 6.07 Å². The Hall–Kier alpha value is -2.71. The van der Waals surface area contributed by atoms with Crippen molar-refractivity contribution in [2.45, 2.75) is 31.2 Å². The maximum Gasteiger partial charge on any atom is 0.326 e. The molecule has 0 unspecified atom stereocenters. The summed E-state index contributed by atoms with van der Waals surface area (Å²) in [6.45, 7) is 3.53. The van der Waals surface area contributed by atoms with Crippen LogP contribution in [0.5, 0.6) is 0 Å². The highest BCUT2D eigenvalue weighted by Crippen LogP contribution is 2.16. The number of nitrogens with one attached hydrogen (secondary N) is 2. The zero-order chi connectivity index (χ0) is 20.0. The highest BCUT2D eigenvalue weighted by atomic mass is 32.2. The van der Waals surface area contributed by atoms with E-state index < -0.39 is 27.9 Å². The smallest absolute Gasteiger partial charge is 0.326 e. The molecule has 0 heterocycles. The van der Waals surface area contributed by atoms with Crippen molar-refractivity contribution in [2.24, 2.45) is 0 Å². The number of hydrogen-bond donors (Lipinski definition) is 3. The van der Waals surface area contributed by atoms with E-state index in [-0.39, 0.29) is 23.4 Å². The Morgan fingerprint density at radius 3 is 2.37 bits per heavy atom. The molecule has 0 saturated carbocycles. The average Bonchev–Trinajstić information content (AvgIpc) is 2.62. The molecule has 0 bridgehead atoms. The molecule has 3 N–H and O–H groups in total. The molecule has 0 radical (unpaired) electrons. The van der Waals surface area contributed by atoms with Crippen molar-refractivity contribution in [3.8, 4) is 0 Å². The lowest BCUT2D eigenvalue weighted by Gasteiger charge is -2.16. The molecule has 0 fully saturated rings. The Kier molecular flexibility index (Phi) is 6.70. The average molecular weight is 390 g/mol. The number of carbonyl (C=O) groups excluding carboxylic acids is 1. The molecule has 2 aromatic carbocycles. The molecule has 1 amide bonds. The van der Waals surface area contributed by atoms with Gasteiger partial charge >= 0.3 is 5.97 Å². The van der Waals surface area contributed by atoms with Crippen molar-refractivity contribution in [1.82, 2.24) is 10.0 Å². The first kappa shape index (κ1) is 20.6. The number of hydrogen-bond acceptors (Lipinski definition) is 4. The quantitative estimate of drug-likeness (QED) is 0.635. The van der Waals surface area contributed by atoms with Crippen LogP contribution in [0.1, 0.15) is 28.4 Å². The third kappa shape index (κ3) is 5.38. The van der Waals surface area contributed by atoms with Crippen molar-refractivity contribution >= 4 is 21.9 Å². The Morgan fingerprint density at radius 2 is 1.78 bits per heavy atom. The lowest BCUT2D eigenvalue weighted by molar-refractivity contribution is -0.139. The van der Waals surface area contributed by atoms with Crippen LogP contribution in [-0.4, -0.2) is 38.0 Å². The molecule has 7 nitrogen and oxygen atoms in total. The molecule has 0 aromatic heterocycles. The maximum atomic E-state index is 12.6. The van der Waals surface area contributed by atoms with E-state index in [4.69, 9.17) is 0 Å². The lowest BCUT2D eigenvalue weighted by atomic mass is 10.0. The summed E-state index contributed by atoms with van der Waals surface area (Å²) in [4.78, 5) is 24.1. The van der Waals surface area contributed by atoms with Gasteiger partial charge in [0.15, 0.2) is 0 Å². The first-order valence-electron chi connectivity index (χ1n) is 8.42. The van der Waals surface area contributed by atoms with Gasteiger partial charge in [0.25, 0.3) is 5.91 Å². The van der Waals surface area contributed by atoms with Gasteiger partial charge in [-0.05, 0) is 30.2 Å². The third-order valence-corrected chi connectivity index (χ3v) is 5.53. The van der Waals surface area contributed by atoms with Crippen molar-refractivity contribution < 1.29 is 23.1 Å². The number of aryl methyl sites for hydroxylation is 1. The summed E-state index contributed by atoms with van der Waals surface area (Å²) >= 11 is 0. The molecule has 0 aliphatic rings. The van der Waals surface area contributed by atoms with E-state index in [0.29, 0.717) is 5.56 Å². The predicted octanol–water partition coefficient (Wildman–Crippen LogP) is 1.72. The van der Waals surface area contributed by atoms with E-state index in [1.165, 1.54) is 18.2 Å². The van der Waals surface area contributed by atoms with Crippen LogP contribution in [0.25, 0.3) is 0 Å².